The van der Waals surface area contributed by atoms with Crippen LogP contribution < -0.4 is 10.1 Å². The van der Waals surface area contributed by atoms with Crippen LogP contribution in [0.2, 0.25) is 5.02 Å². The standard InChI is InChI=1S/C20H24ClN3O6S/c1-5-23(6-2)31(28,29)15-8-10-19(30-13(3)4)18(12-15)22-20(25)16-11-14(24(26)27)7-9-17(16)21/h7-13H,5-6H2,1-4H3,(H,22,25). The molecule has 9 nitrogen and oxygen atoms in total. The number of halogens is 1. The topological polar surface area (TPSA) is 119 Å². The highest BCUT2D eigenvalue weighted by atomic mass is 35.5. The third-order valence-corrected chi connectivity index (χ3v) is 6.69. The van der Waals surface area contributed by atoms with Crippen molar-refractivity contribution >= 4 is 38.9 Å². The van der Waals surface area contributed by atoms with Crippen molar-refractivity contribution in [1.82, 2.24) is 4.31 Å². The average Bonchev–Trinajstić information content (AvgIpc) is 2.69. The first-order valence-electron chi connectivity index (χ1n) is 9.57. The highest BCUT2D eigenvalue weighted by molar-refractivity contribution is 7.89. The molecule has 0 spiro atoms. The molecule has 0 atom stereocenters. The molecule has 0 aliphatic heterocycles. The zero-order valence-corrected chi connectivity index (χ0v) is 19.2. The van der Waals surface area contributed by atoms with Gasteiger partial charge in [0.2, 0.25) is 10.0 Å². The van der Waals surface area contributed by atoms with Crippen LogP contribution in [0.5, 0.6) is 5.75 Å². The van der Waals surface area contributed by atoms with E-state index in [-0.39, 0.29) is 51.8 Å². The van der Waals surface area contributed by atoms with Crippen molar-refractivity contribution in [1.29, 1.82) is 0 Å². The minimum Gasteiger partial charge on any atom is -0.489 e. The minimum absolute atomic E-state index is 0.0151. The summed E-state index contributed by atoms with van der Waals surface area (Å²) in [6, 6.07) is 7.65. The number of benzene rings is 2. The van der Waals surface area contributed by atoms with Crippen LogP contribution >= 0.6 is 11.6 Å². The van der Waals surface area contributed by atoms with E-state index in [9.17, 15) is 23.3 Å². The van der Waals surface area contributed by atoms with Gasteiger partial charge in [-0.15, -0.1) is 0 Å². The lowest BCUT2D eigenvalue weighted by atomic mass is 10.1. The predicted molar refractivity (Wildman–Crippen MR) is 118 cm³/mol. The normalized spacial score (nSPS) is 11.6. The van der Waals surface area contributed by atoms with Crippen molar-refractivity contribution in [3.8, 4) is 5.75 Å². The number of hydrogen-bond acceptors (Lipinski definition) is 6. The monoisotopic (exact) mass is 469 g/mol. The average molecular weight is 470 g/mol. The zero-order valence-electron chi connectivity index (χ0n) is 17.6. The Balaban J connectivity index is 2.52. The summed E-state index contributed by atoms with van der Waals surface area (Å²) in [5.74, 6) is -0.483. The molecule has 1 N–H and O–H groups in total. The van der Waals surface area contributed by atoms with Crippen molar-refractivity contribution in [3.63, 3.8) is 0 Å². The maximum atomic E-state index is 12.9. The summed E-state index contributed by atoms with van der Waals surface area (Å²) in [4.78, 5) is 23.2. The molecule has 0 saturated heterocycles. The molecule has 0 radical (unpaired) electrons. The Morgan fingerprint density at radius 2 is 1.84 bits per heavy atom. The van der Waals surface area contributed by atoms with Gasteiger partial charge in [-0.25, -0.2) is 8.42 Å². The number of rotatable bonds is 9. The molecule has 11 heteroatoms. The molecular formula is C20H24ClN3O6S. The fourth-order valence-electron chi connectivity index (χ4n) is 2.83. The Labute approximate surface area is 186 Å². The smallest absolute Gasteiger partial charge is 0.270 e. The second-order valence-electron chi connectivity index (χ2n) is 6.79. The molecular weight excluding hydrogens is 446 g/mol. The number of sulfonamides is 1. The molecule has 31 heavy (non-hydrogen) atoms. The van der Waals surface area contributed by atoms with Crippen molar-refractivity contribution in [2.45, 2.75) is 38.7 Å². The minimum atomic E-state index is -3.78. The maximum Gasteiger partial charge on any atom is 0.270 e. The van der Waals surface area contributed by atoms with Crippen LogP contribution in [0.1, 0.15) is 38.1 Å². The number of hydrogen-bond donors (Lipinski definition) is 1. The predicted octanol–water partition coefficient (Wildman–Crippen LogP) is 4.32. The van der Waals surface area contributed by atoms with Gasteiger partial charge in [0.25, 0.3) is 11.6 Å². The number of nitro benzene ring substituents is 1. The Morgan fingerprint density at radius 1 is 1.19 bits per heavy atom. The van der Waals surface area contributed by atoms with Crippen molar-refractivity contribution in [2.24, 2.45) is 0 Å². The molecule has 0 unspecified atom stereocenters. The fourth-order valence-corrected chi connectivity index (χ4v) is 4.52. The lowest BCUT2D eigenvalue weighted by molar-refractivity contribution is -0.384. The molecule has 0 fully saturated rings. The molecule has 2 aromatic carbocycles. The van der Waals surface area contributed by atoms with E-state index in [2.05, 4.69) is 5.32 Å². The van der Waals surface area contributed by atoms with Gasteiger partial charge in [0, 0.05) is 25.2 Å². The first-order chi connectivity index (χ1) is 14.5. The van der Waals surface area contributed by atoms with Gasteiger partial charge in [-0.2, -0.15) is 4.31 Å². The van der Waals surface area contributed by atoms with Crippen molar-refractivity contribution < 1.29 is 22.9 Å². The molecule has 0 bridgehead atoms. The number of ether oxygens (including phenoxy) is 1. The van der Waals surface area contributed by atoms with Gasteiger partial charge in [-0.3, -0.25) is 14.9 Å². The Bertz CT molecular complexity index is 1080. The van der Waals surface area contributed by atoms with E-state index in [1.165, 1.54) is 34.6 Å². The van der Waals surface area contributed by atoms with Crippen LogP contribution in [-0.2, 0) is 10.0 Å². The molecule has 0 heterocycles. The van der Waals surface area contributed by atoms with E-state index in [0.29, 0.717) is 0 Å². The maximum absolute atomic E-state index is 12.9. The SMILES string of the molecule is CCN(CC)S(=O)(=O)c1ccc(OC(C)C)c(NC(=O)c2cc([N+](=O)[O-])ccc2Cl)c1. The summed E-state index contributed by atoms with van der Waals surface area (Å²) in [5, 5.41) is 13.6. The molecule has 0 aromatic heterocycles. The molecule has 0 aliphatic rings. The number of anilines is 1. The molecule has 168 valence electrons. The van der Waals surface area contributed by atoms with Crippen LogP contribution in [0.25, 0.3) is 0 Å². The number of nitrogens with one attached hydrogen (secondary N) is 1. The van der Waals surface area contributed by atoms with E-state index in [0.717, 1.165) is 6.07 Å². The highest BCUT2D eigenvalue weighted by Crippen LogP contribution is 2.31. The lowest BCUT2D eigenvalue weighted by Crippen LogP contribution is -2.30. The lowest BCUT2D eigenvalue weighted by Gasteiger charge is -2.20. The first kappa shape index (κ1) is 24.6. The third-order valence-electron chi connectivity index (χ3n) is 4.31. The first-order valence-corrected chi connectivity index (χ1v) is 11.4. The fraction of sp³-hybridized carbons (Fsp3) is 0.350. The Kier molecular flexibility index (Phi) is 7.99. The van der Waals surface area contributed by atoms with E-state index in [1.54, 1.807) is 27.7 Å². The van der Waals surface area contributed by atoms with Crippen LogP contribution in [0.3, 0.4) is 0 Å². The van der Waals surface area contributed by atoms with Crippen LogP contribution in [0.15, 0.2) is 41.3 Å². The second-order valence-corrected chi connectivity index (χ2v) is 9.13. The van der Waals surface area contributed by atoms with Gasteiger partial charge in [-0.05, 0) is 38.1 Å². The van der Waals surface area contributed by atoms with E-state index >= 15 is 0 Å². The van der Waals surface area contributed by atoms with Gasteiger partial charge in [0.05, 0.1) is 32.2 Å². The molecule has 1 amide bonds. The van der Waals surface area contributed by atoms with Crippen LogP contribution in [-0.4, -0.2) is 42.7 Å². The summed E-state index contributed by atoms with van der Waals surface area (Å²) < 4.78 is 32.7. The number of nitrogens with zero attached hydrogens (tertiary/aromatic N) is 2. The zero-order chi connectivity index (χ0) is 23.3. The van der Waals surface area contributed by atoms with Gasteiger partial charge < -0.3 is 10.1 Å². The van der Waals surface area contributed by atoms with E-state index < -0.39 is 20.9 Å². The van der Waals surface area contributed by atoms with E-state index in [1.807, 2.05) is 0 Å². The summed E-state index contributed by atoms with van der Waals surface area (Å²) >= 11 is 6.05. The summed E-state index contributed by atoms with van der Waals surface area (Å²) in [7, 11) is -3.78. The van der Waals surface area contributed by atoms with Gasteiger partial charge in [0.15, 0.2) is 0 Å². The number of amides is 1. The van der Waals surface area contributed by atoms with Gasteiger partial charge in [0.1, 0.15) is 5.75 Å². The van der Waals surface area contributed by atoms with Crippen LogP contribution in [0.4, 0.5) is 11.4 Å². The molecule has 0 aliphatic carbocycles. The molecule has 0 saturated carbocycles. The third kappa shape index (κ3) is 5.72. The van der Waals surface area contributed by atoms with E-state index in [4.69, 9.17) is 16.3 Å². The highest BCUT2D eigenvalue weighted by Gasteiger charge is 2.24. The number of non-ortho nitro benzene ring substituents is 1. The summed E-state index contributed by atoms with van der Waals surface area (Å²) in [6.07, 6.45) is -0.248. The number of nitro groups is 1. The van der Waals surface area contributed by atoms with Gasteiger partial charge >= 0.3 is 0 Å². The molecule has 2 aromatic rings. The Hall–Kier alpha value is -2.69. The van der Waals surface area contributed by atoms with Crippen molar-refractivity contribution in [3.05, 3.63) is 57.1 Å². The van der Waals surface area contributed by atoms with Crippen LogP contribution in [0, 0.1) is 10.1 Å². The number of carbonyl (C=O) groups excluding carboxylic acids is 1. The van der Waals surface area contributed by atoms with Crippen molar-refractivity contribution in [2.75, 3.05) is 18.4 Å². The Morgan fingerprint density at radius 3 is 2.39 bits per heavy atom. The van der Waals surface area contributed by atoms with Gasteiger partial charge in [-0.1, -0.05) is 25.4 Å². The second kappa shape index (κ2) is 10.1. The number of carbonyl (C=O) groups is 1. The largest absolute Gasteiger partial charge is 0.489 e. The quantitative estimate of drug-likeness (QED) is 0.431. The molecule has 2 rings (SSSR count). The summed E-state index contributed by atoms with van der Waals surface area (Å²) in [6.45, 7) is 7.59. The summed E-state index contributed by atoms with van der Waals surface area (Å²) in [5.41, 5.74) is -0.316.